The lowest BCUT2D eigenvalue weighted by atomic mass is 10.1. The molecule has 0 saturated heterocycles. The SMILES string of the molecule is CC(C)(CN=O)n1ccnc1Br. The molecular formula is C7H10BrN3O. The summed E-state index contributed by atoms with van der Waals surface area (Å²) in [5.74, 6) is 0. The lowest BCUT2D eigenvalue weighted by Gasteiger charge is -2.23. The molecule has 0 amide bonds. The normalized spacial score (nSPS) is 11.6. The van der Waals surface area contributed by atoms with Crippen LogP contribution in [-0.2, 0) is 5.54 Å². The van der Waals surface area contributed by atoms with E-state index in [1.165, 1.54) is 0 Å². The van der Waals surface area contributed by atoms with E-state index in [4.69, 9.17) is 0 Å². The van der Waals surface area contributed by atoms with Crippen LogP contribution in [0.4, 0.5) is 0 Å². The second-order valence-electron chi connectivity index (χ2n) is 3.17. The number of nitroso groups, excluding NO2 is 1. The van der Waals surface area contributed by atoms with Crippen molar-refractivity contribution in [3.63, 3.8) is 0 Å². The first-order chi connectivity index (χ1) is 5.58. The number of rotatable bonds is 3. The predicted molar refractivity (Wildman–Crippen MR) is 49.9 cm³/mol. The summed E-state index contributed by atoms with van der Waals surface area (Å²) in [6.07, 6.45) is 3.49. The zero-order valence-electron chi connectivity index (χ0n) is 6.99. The fourth-order valence-corrected chi connectivity index (χ4v) is 1.69. The molecule has 1 aromatic rings. The van der Waals surface area contributed by atoms with Gasteiger partial charge in [-0.25, -0.2) is 4.98 Å². The van der Waals surface area contributed by atoms with Crippen molar-refractivity contribution in [2.45, 2.75) is 19.4 Å². The van der Waals surface area contributed by atoms with E-state index in [-0.39, 0.29) is 12.1 Å². The van der Waals surface area contributed by atoms with Gasteiger partial charge in [0.15, 0.2) is 4.73 Å². The Morgan fingerprint density at radius 3 is 2.83 bits per heavy atom. The standard InChI is InChI=1S/C7H10BrN3O/c1-7(2,5-10-12)11-4-3-9-6(11)8/h3-4H,5H2,1-2H3. The maximum atomic E-state index is 10.1. The summed E-state index contributed by atoms with van der Waals surface area (Å²) in [6.45, 7) is 4.10. The molecule has 12 heavy (non-hydrogen) atoms. The Kier molecular flexibility index (Phi) is 2.62. The lowest BCUT2D eigenvalue weighted by molar-refractivity contribution is 0.360. The molecule has 1 heterocycles. The largest absolute Gasteiger partial charge is 0.318 e. The smallest absolute Gasteiger partial charge is 0.177 e. The van der Waals surface area contributed by atoms with E-state index >= 15 is 0 Å². The molecule has 0 aromatic carbocycles. The molecule has 0 fully saturated rings. The first-order valence-electron chi connectivity index (χ1n) is 3.56. The van der Waals surface area contributed by atoms with Crippen LogP contribution in [0, 0.1) is 4.91 Å². The Labute approximate surface area is 79.1 Å². The van der Waals surface area contributed by atoms with Gasteiger partial charge in [-0.1, -0.05) is 5.18 Å². The highest BCUT2D eigenvalue weighted by molar-refractivity contribution is 9.10. The number of nitrogens with zero attached hydrogens (tertiary/aromatic N) is 3. The van der Waals surface area contributed by atoms with Crippen molar-refractivity contribution < 1.29 is 0 Å². The van der Waals surface area contributed by atoms with Crippen LogP contribution in [0.15, 0.2) is 22.3 Å². The minimum absolute atomic E-state index is 0.238. The second-order valence-corrected chi connectivity index (χ2v) is 3.88. The van der Waals surface area contributed by atoms with Crippen LogP contribution in [0.5, 0.6) is 0 Å². The van der Waals surface area contributed by atoms with Gasteiger partial charge in [-0.2, -0.15) is 4.91 Å². The molecule has 4 nitrogen and oxygen atoms in total. The number of halogens is 1. The molecule has 0 bridgehead atoms. The lowest BCUT2D eigenvalue weighted by Crippen LogP contribution is -2.29. The molecule has 1 rings (SSSR count). The minimum Gasteiger partial charge on any atom is -0.318 e. The molecule has 0 atom stereocenters. The van der Waals surface area contributed by atoms with E-state index in [2.05, 4.69) is 26.1 Å². The Bertz CT molecular complexity index is 282. The van der Waals surface area contributed by atoms with Crippen LogP contribution in [0.3, 0.4) is 0 Å². The average molecular weight is 232 g/mol. The molecule has 0 aliphatic rings. The summed E-state index contributed by atoms with van der Waals surface area (Å²) < 4.78 is 2.59. The Balaban J connectivity index is 2.96. The fraction of sp³-hybridized carbons (Fsp3) is 0.571. The van der Waals surface area contributed by atoms with E-state index in [9.17, 15) is 4.91 Å². The van der Waals surface area contributed by atoms with Crippen LogP contribution in [-0.4, -0.2) is 16.1 Å². The zero-order chi connectivity index (χ0) is 9.19. The van der Waals surface area contributed by atoms with Crippen LogP contribution in [0.2, 0.25) is 0 Å². The zero-order valence-corrected chi connectivity index (χ0v) is 8.58. The highest BCUT2D eigenvalue weighted by atomic mass is 79.9. The molecule has 0 aliphatic heterocycles. The quantitative estimate of drug-likeness (QED) is 0.749. The van der Waals surface area contributed by atoms with E-state index in [1.54, 1.807) is 6.20 Å². The van der Waals surface area contributed by atoms with Gasteiger partial charge < -0.3 is 4.57 Å². The van der Waals surface area contributed by atoms with Crippen molar-refractivity contribution in [3.8, 4) is 0 Å². The summed E-state index contributed by atoms with van der Waals surface area (Å²) in [7, 11) is 0. The third-order valence-corrected chi connectivity index (χ3v) is 2.29. The number of hydrogen-bond acceptors (Lipinski definition) is 3. The number of aromatic nitrogens is 2. The molecule has 0 unspecified atom stereocenters. The first kappa shape index (κ1) is 9.38. The van der Waals surface area contributed by atoms with E-state index in [0.29, 0.717) is 0 Å². The summed E-state index contributed by atoms with van der Waals surface area (Å²) in [6, 6.07) is 0. The monoisotopic (exact) mass is 231 g/mol. The molecule has 66 valence electrons. The molecule has 1 aromatic heterocycles. The highest BCUT2D eigenvalue weighted by Crippen LogP contribution is 2.20. The number of hydrogen-bond donors (Lipinski definition) is 0. The first-order valence-corrected chi connectivity index (χ1v) is 4.35. The van der Waals surface area contributed by atoms with Crippen molar-refractivity contribution in [2.24, 2.45) is 5.18 Å². The van der Waals surface area contributed by atoms with E-state index in [1.807, 2.05) is 24.6 Å². The highest BCUT2D eigenvalue weighted by Gasteiger charge is 2.21. The molecule has 0 aliphatic carbocycles. The van der Waals surface area contributed by atoms with Crippen LogP contribution < -0.4 is 0 Å². The van der Waals surface area contributed by atoms with Gasteiger partial charge in [-0.05, 0) is 29.8 Å². The average Bonchev–Trinajstić information content (AvgIpc) is 2.35. The summed E-state index contributed by atoms with van der Waals surface area (Å²) in [4.78, 5) is 14.1. The van der Waals surface area contributed by atoms with Crippen LogP contribution in [0.25, 0.3) is 0 Å². The molecular weight excluding hydrogens is 222 g/mol. The Hall–Kier alpha value is -0.710. The molecule has 5 heteroatoms. The third-order valence-electron chi connectivity index (χ3n) is 1.70. The van der Waals surface area contributed by atoms with Crippen molar-refractivity contribution >= 4 is 15.9 Å². The molecule has 0 saturated carbocycles. The van der Waals surface area contributed by atoms with Gasteiger partial charge in [0, 0.05) is 12.4 Å². The summed E-state index contributed by atoms with van der Waals surface area (Å²) in [5, 5.41) is 2.88. The summed E-state index contributed by atoms with van der Waals surface area (Å²) in [5.41, 5.74) is -0.308. The van der Waals surface area contributed by atoms with Gasteiger partial charge in [0.05, 0.1) is 5.54 Å². The fourth-order valence-electron chi connectivity index (χ4n) is 0.971. The molecule has 0 N–H and O–H groups in total. The second kappa shape index (κ2) is 3.35. The van der Waals surface area contributed by atoms with Crippen LogP contribution in [0.1, 0.15) is 13.8 Å². The van der Waals surface area contributed by atoms with Crippen molar-refractivity contribution in [1.29, 1.82) is 0 Å². The maximum Gasteiger partial charge on any atom is 0.177 e. The van der Waals surface area contributed by atoms with Crippen molar-refractivity contribution in [3.05, 3.63) is 22.0 Å². The van der Waals surface area contributed by atoms with Crippen LogP contribution >= 0.6 is 15.9 Å². The maximum absolute atomic E-state index is 10.1. The van der Waals surface area contributed by atoms with Gasteiger partial charge in [0.2, 0.25) is 0 Å². The predicted octanol–water partition coefficient (Wildman–Crippen LogP) is 2.15. The van der Waals surface area contributed by atoms with Gasteiger partial charge in [0.25, 0.3) is 0 Å². The molecule has 0 radical (unpaired) electrons. The van der Waals surface area contributed by atoms with Gasteiger partial charge in [-0.15, -0.1) is 0 Å². The minimum atomic E-state index is -0.308. The van der Waals surface area contributed by atoms with E-state index in [0.717, 1.165) is 4.73 Å². The van der Waals surface area contributed by atoms with Crippen molar-refractivity contribution in [2.75, 3.05) is 6.54 Å². The summed E-state index contributed by atoms with van der Waals surface area (Å²) >= 11 is 3.28. The number of imidazole rings is 1. The van der Waals surface area contributed by atoms with Gasteiger partial charge in [-0.3, -0.25) is 0 Å². The van der Waals surface area contributed by atoms with E-state index < -0.39 is 0 Å². The Morgan fingerprint density at radius 1 is 1.75 bits per heavy atom. The molecule has 0 spiro atoms. The third kappa shape index (κ3) is 1.72. The van der Waals surface area contributed by atoms with Gasteiger partial charge in [0.1, 0.15) is 6.54 Å². The topological polar surface area (TPSA) is 47.2 Å². The van der Waals surface area contributed by atoms with Gasteiger partial charge >= 0.3 is 0 Å². The van der Waals surface area contributed by atoms with Crippen molar-refractivity contribution in [1.82, 2.24) is 9.55 Å². The Morgan fingerprint density at radius 2 is 2.42 bits per heavy atom.